The molecule has 0 fully saturated rings. The highest BCUT2D eigenvalue weighted by atomic mass is 16.4. The summed E-state index contributed by atoms with van der Waals surface area (Å²) in [4.78, 5) is 19.4. The first-order valence-corrected chi connectivity index (χ1v) is 5.64. The Hall–Kier alpha value is -2.43. The van der Waals surface area contributed by atoms with Gasteiger partial charge >= 0.3 is 5.97 Å². The lowest BCUT2D eigenvalue weighted by molar-refractivity contribution is 0.0690. The number of allylic oxidation sites excluding steroid dienone is 2. The van der Waals surface area contributed by atoms with E-state index in [1.165, 1.54) is 6.07 Å². The minimum Gasteiger partial charge on any atom is -0.477 e. The highest BCUT2D eigenvalue weighted by Crippen LogP contribution is 2.16. The van der Waals surface area contributed by atoms with E-state index in [0.717, 1.165) is 0 Å². The average Bonchev–Trinajstić information content (AvgIpc) is 2.82. The number of carboxylic acids is 1. The van der Waals surface area contributed by atoms with Crippen LogP contribution in [0.4, 0.5) is 0 Å². The first-order chi connectivity index (χ1) is 8.74. The normalized spacial score (nSPS) is 24.3. The molecule has 1 aliphatic heterocycles. The minimum atomic E-state index is -1.03. The Morgan fingerprint density at radius 1 is 1.28 bits per heavy atom. The van der Waals surface area contributed by atoms with Crippen LogP contribution in [0, 0.1) is 0 Å². The highest BCUT2D eigenvalue weighted by Gasteiger charge is 2.27. The zero-order chi connectivity index (χ0) is 12.5. The number of nitrogens with zero attached hydrogens (tertiary/aromatic N) is 2. The first kappa shape index (κ1) is 10.7. The Kier molecular flexibility index (Phi) is 2.44. The molecule has 2 heterocycles. The van der Waals surface area contributed by atoms with E-state index >= 15 is 0 Å². The van der Waals surface area contributed by atoms with Crippen molar-refractivity contribution in [1.82, 2.24) is 10.3 Å². The maximum atomic E-state index is 10.9. The molecule has 1 aliphatic carbocycles. The summed E-state index contributed by atoms with van der Waals surface area (Å²) in [6.45, 7) is 0. The van der Waals surface area contributed by atoms with E-state index in [0.29, 0.717) is 11.5 Å². The molecule has 0 spiro atoms. The molecule has 18 heavy (non-hydrogen) atoms. The van der Waals surface area contributed by atoms with Crippen LogP contribution in [0.15, 0.2) is 47.5 Å². The molecular weight excluding hydrogens is 230 g/mol. The van der Waals surface area contributed by atoms with Gasteiger partial charge in [0.15, 0.2) is 0 Å². The smallest absolute Gasteiger partial charge is 0.354 e. The second kappa shape index (κ2) is 4.10. The third-order valence-corrected chi connectivity index (χ3v) is 2.90. The number of amidine groups is 1. The molecular formula is C13H11N3O2. The number of pyridine rings is 1. The van der Waals surface area contributed by atoms with Crippen molar-refractivity contribution >= 4 is 11.8 Å². The van der Waals surface area contributed by atoms with Crippen molar-refractivity contribution in [1.29, 1.82) is 0 Å². The highest BCUT2D eigenvalue weighted by molar-refractivity contribution is 6.00. The summed E-state index contributed by atoms with van der Waals surface area (Å²) in [5.74, 6) is -0.392. The topological polar surface area (TPSA) is 74.6 Å². The van der Waals surface area contributed by atoms with Gasteiger partial charge in [-0.15, -0.1) is 0 Å². The molecule has 2 atom stereocenters. The fourth-order valence-corrected chi connectivity index (χ4v) is 2.02. The van der Waals surface area contributed by atoms with Crippen molar-refractivity contribution < 1.29 is 9.90 Å². The largest absolute Gasteiger partial charge is 0.477 e. The van der Waals surface area contributed by atoms with Crippen molar-refractivity contribution in [3.63, 3.8) is 0 Å². The summed E-state index contributed by atoms with van der Waals surface area (Å²) in [5, 5.41) is 12.1. The Morgan fingerprint density at radius 2 is 2.11 bits per heavy atom. The van der Waals surface area contributed by atoms with Crippen molar-refractivity contribution in [2.75, 3.05) is 0 Å². The number of hydrogen-bond acceptors (Lipinski definition) is 4. The van der Waals surface area contributed by atoms with Gasteiger partial charge in [-0.1, -0.05) is 30.4 Å². The van der Waals surface area contributed by atoms with Crippen molar-refractivity contribution in [2.24, 2.45) is 4.99 Å². The van der Waals surface area contributed by atoms with E-state index in [9.17, 15) is 4.79 Å². The van der Waals surface area contributed by atoms with E-state index in [-0.39, 0.29) is 17.8 Å². The van der Waals surface area contributed by atoms with E-state index in [1.54, 1.807) is 12.1 Å². The molecule has 0 bridgehead atoms. The molecule has 0 radical (unpaired) electrons. The van der Waals surface area contributed by atoms with Gasteiger partial charge < -0.3 is 10.4 Å². The third kappa shape index (κ3) is 1.79. The number of carboxylic acid groups (broad SMARTS) is 1. The lowest BCUT2D eigenvalue weighted by Crippen LogP contribution is -2.33. The number of nitrogens with one attached hydrogen (secondary N) is 1. The second-order valence-electron chi connectivity index (χ2n) is 4.12. The van der Waals surface area contributed by atoms with Gasteiger partial charge in [-0.3, -0.25) is 4.99 Å². The van der Waals surface area contributed by atoms with Crippen LogP contribution in [0.25, 0.3) is 0 Å². The van der Waals surface area contributed by atoms with Crippen LogP contribution in [-0.2, 0) is 0 Å². The summed E-state index contributed by atoms with van der Waals surface area (Å²) in [6.07, 6.45) is 7.96. The van der Waals surface area contributed by atoms with Crippen LogP contribution in [0.3, 0.4) is 0 Å². The minimum absolute atomic E-state index is 0.0259. The van der Waals surface area contributed by atoms with E-state index in [2.05, 4.69) is 15.3 Å². The maximum Gasteiger partial charge on any atom is 0.354 e. The van der Waals surface area contributed by atoms with Crippen LogP contribution in [-0.4, -0.2) is 34.0 Å². The Balaban J connectivity index is 1.92. The molecule has 0 saturated carbocycles. The number of aromatic carboxylic acids is 1. The van der Waals surface area contributed by atoms with Crippen molar-refractivity contribution in [3.8, 4) is 0 Å². The van der Waals surface area contributed by atoms with Gasteiger partial charge in [-0.2, -0.15) is 0 Å². The Labute approximate surface area is 104 Å². The third-order valence-electron chi connectivity index (χ3n) is 2.90. The van der Waals surface area contributed by atoms with Gasteiger partial charge in [0.1, 0.15) is 17.2 Å². The standard InChI is InChI=1S/C13H11N3O2/c17-13(18)11-7-3-6-10(14-11)12-15-8-4-1-2-5-9(8)16-12/h1-9H,(H,15,16)(H,17,18). The second-order valence-corrected chi connectivity index (χ2v) is 4.12. The van der Waals surface area contributed by atoms with E-state index < -0.39 is 5.97 Å². The quantitative estimate of drug-likeness (QED) is 0.809. The molecule has 5 heteroatoms. The monoisotopic (exact) mass is 241 g/mol. The number of fused-ring (bicyclic) bond motifs is 1. The molecule has 1 aromatic heterocycles. The number of aromatic nitrogens is 1. The summed E-state index contributed by atoms with van der Waals surface area (Å²) < 4.78 is 0. The molecule has 0 saturated heterocycles. The molecule has 2 unspecified atom stereocenters. The van der Waals surface area contributed by atoms with Crippen LogP contribution in [0.1, 0.15) is 16.2 Å². The van der Waals surface area contributed by atoms with Crippen molar-refractivity contribution in [3.05, 3.63) is 53.9 Å². The summed E-state index contributed by atoms with van der Waals surface area (Å²) >= 11 is 0. The molecule has 0 amide bonds. The van der Waals surface area contributed by atoms with E-state index in [1.807, 2.05) is 24.3 Å². The summed E-state index contributed by atoms with van der Waals surface area (Å²) in [6, 6.07) is 5.10. The fraction of sp³-hybridized carbons (Fsp3) is 0.154. The van der Waals surface area contributed by atoms with Gasteiger partial charge in [0.05, 0.1) is 12.1 Å². The number of carbonyl (C=O) groups is 1. The summed E-state index contributed by atoms with van der Waals surface area (Å²) in [7, 11) is 0. The maximum absolute atomic E-state index is 10.9. The van der Waals surface area contributed by atoms with Crippen LogP contribution in [0.5, 0.6) is 0 Å². The molecule has 1 aromatic rings. The summed E-state index contributed by atoms with van der Waals surface area (Å²) in [5.41, 5.74) is 0.587. The van der Waals surface area contributed by atoms with Crippen LogP contribution >= 0.6 is 0 Å². The van der Waals surface area contributed by atoms with Gasteiger partial charge in [0.25, 0.3) is 0 Å². The SMILES string of the molecule is O=C(O)c1cccc(C2=NC3C=CC=CC3N2)n1. The molecule has 2 N–H and O–H groups in total. The average molecular weight is 241 g/mol. The fourth-order valence-electron chi connectivity index (χ4n) is 2.02. The predicted molar refractivity (Wildman–Crippen MR) is 66.7 cm³/mol. The Bertz CT molecular complexity index is 590. The van der Waals surface area contributed by atoms with Crippen LogP contribution < -0.4 is 5.32 Å². The number of rotatable bonds is 2. The van der Waals surface area contributed by atoms with Gasteiger partial charge in [0.2, 0.25) is 0 Å². The predicted octanol–water partition coefficient (Wildman–Crippen LogP) is 0.993. The molecule has 2 aliphatic rings. The molecule has 90 valence electrons. The van der Waals surface area contributed by atoms with Crippen molar-refractivity contribution in [2.45, 2.75) is 12.1 Å². The van der Waals surface area contributed by atoms with Gasteiger partial charge in [-0.05, 0) is 12.1 Å². The Morgan fingerprint density at radius 3 is 2.89 bits per heavy atom. The van der Waals surface area contributed by atoms with Gasteiger partial charge in [0, 0.05) is 0 Å². The lowest BCUT2D eigenvalue weighted by Gasteiger charge is -2.13. The van der Waals surface area contributed by atoms with Gasteiger partial charge in [-0.25, -0.2) is 9.78 Å². The zero-order valence-electron chi connectivity index (χ0n) is 9.45. The number of hydrogen-bond donors (Lipinski definition) is 2. The molecule has 3 rings (SSSR count). The lowest BCUT2D eigenvalue weighted by atomic mass is 10.1. The first-order valence-electron chi connectivity index (χ1n) is 5.64. The molecule has 5 nitrogen and oxygen atoms in total. The van der Waals surface area contributed by atoms with Crippen LogP contribution in [0.2, 0.25) is 0 Å². The number of aliphatic imine (C=N–C) groups is 1. The van der Waals surface area contributed by atoms with E-state index in [4.69, 9.17) is 5.11 Å². The zero-order valence-corrected chi connectivity index (χ0v) is 9.45. The molecule has 0 aromatic carbocycles.